The first-order valence-electron chi connectivity index (χ1n) is 6.54. The Bertz CT molecular complexity index is 724. The maximum atomic E-state index is 12.4. The van der Waals surface area contributed by atoms with Crippen molar-refractivity contribution in [3.05, 3.63) is 41.5 Å². The molecule has 2 aromatic rings. The first-order valence-corrected chi connectivity index (χ1v) is 6.54. The van der Waals surface area contributed by atoms with Gasteiger partial charge < -0.3 is 5.32 Å². The molecule has 0 aliphatic heterocycles. The fourth-order valence-corrected chi connectivity index (χ4v) is 1.87. The summed E-state index contributed by atoms with van der Waals surface area (Å²) < 4.78 is 1.63. The van der Waals surface area contributed by atoms with Crippen LogP contribution in [-0.2, 0) is 10.3 Å². The average molecular weight is 283 g/mol. The second kappa shape index (κ2) is 5.37. The summed E-state index contributed by atoms with van der Waals surface area (Å²) in [4.78, 5) is 16.5. The van der Waals surface area contributed by atoms with Crippen molar-refractivity contribution in [2.45, 2.75) is 33.2 Å². The SMILES string of the molecule is Cc1cnn(C(C)(C)C(=O)Nc2cnc(C#N)c(C)c2)c1. The van der Waals surface area contributed by atoms with Crippen molar-refractivity contribution >= 4 is 11.6 Å². The lowest BCUT2D eigenvalue weighted by molar-refractivity contribution is -0.123. The Balaban J connectivity index is 2.21. The fraction of sp³-hybridized carbons (Fsp3) is 0.333. The van der Waals surface area contributed by atoms with Crippen molar-refractivity contribution in [1.82, 2.24) is 14.8 Å². The molecule has 0 spiro atoms. The summed E-state index contributed by atoms with van der Waals surface area (Å²) >= 11 is 0. The van der Waals surface area contributed by atoms with Crippen LogP contribution in [0.15, 0.2) is 24.7 Å². The van der Waals surface area contributed by atoms with Gasteiger partial charge in [-0.1, -0.05) is 0 Å². The van der Waals surface area contributed by atoms with Gasteiger partial charge in [0, 0.05) is 6.20 Å². The number of aromatic nitrogens is 3. The summed E-state index contributed by atoms with van der Waals surface area (Å²) in [5, 5.41) is 15.9. The van der Waals surface area contributed by atoms with Gasteiger partial charge in [-0.05, 0) is 44.9 Å². The molecule has 21 heavy (non-hydrogen) atoms. The van der Waals surface area contributed by atoms with Crippen LogP contribution >= 0.6 is 0 Å². The molecular weight excluding hydrogens is 266 g/mol. The van der Waals surface area contributed by atoms with Gasteiger partial charge in [0.25, 0.3) is 5.91 Å². The van der Waals surface area contributed by atoms with E-state index in [0.29, 0.717) is 11.4 Å². The molecule has 1 amide bonds. The Morgan fingerprint density at radius 3 is 2.62 bits per heavy atom. The molecule has 0 fully saturated rings. The molecule has 0 aliphatic rings. The second-order valence-corrected chi connectivity index (χ2v) is 5.48. The minimum Gasteiger partial charge on any atom is -0.323 e. The molecule has 0 atom stereocenters. The molecule has 0 aromatic carbocycles. The zero-order valence-electron chi connectivity index (χ0n) is 12.5. The lowest BCUT2D eigenvalue weighted by Gasteiger charge is -2.24. The predicted octanol–water partition coefficient (Wildman–Crippen LogP) is 2.14. The molecule has 0 radical (unpaired) electrons. The average Bonchev–Trinajstić information content (AvgIpc) is 2.86. The number of hydrogen-bond donors (Lipinski definition) is 1. The van der Waals surface area contributed by atoms with Crippen LogP contribution < -0.4 is 5.32 Å². The molecule has 6 nitrogen and oxygen atoms in total. The third-order valence-electron chi connectivity index (χ3n) is 3.28. The van der Waals surface area contributed by atoms with E-state index in [1.807, 2.05) is 19.2 Å². The first kappa shape index (κ1) is 14.7. The summed E-state index contributed by atoms with van der Waals surface area (Å²) in [6.07, 6.45) is 5.01. The quantitative estimate of drug-likeness (QED) is 0.935. The predicted molar refractivity (Wildman–Crippen MR) is 78.6 cm³/mol. The van der Waals surface area contributed by atoms with Crippen LogP contribution in [0.25, 0.3) is 0 Å². The normalized spacial score (nSPS) is 11.0. The number of nitriles is 1. The minimum atomic E-state index is -0.823. The maximum absolute atomic E-state index is 12.4. The Hall–Kier alpha value is -2.68. The number of amides is 1. The molecule has 0 saturated carbocycles. The van der Waals surface area contributed by atoms with E-state index in [9.17, 15) is 4.79 Å². The Kier molecular flexibility index (Phi) is 3.76. The van der Waals surface area contributed by atoms with E-state index in [1.165, 1.54) is 6.20 Å². The summed E-state index contributed by atoms with van der Waals surface area (Å²) in [5.74, 6) is -0.198. The van der Waals surface area contributed by atoms with E-state index in [4.69, 9.17) is 5.26 Å². The summed E-state index contributed by atoms with van der Waals surface area (Å²) in [5.41, 5.74) is 1.81. The smallest absolute Gasteiger partial charge is 0.251 e. The van der Waals surface area contributed by atoms with Crippen LogP contribution in [-0.4, -0.2) is 20.7 Å². The number of anilines is 1. The first-order chi connectivity index (χ1) is 9.84. The topological polar surface area (TPSA) is 83.6 Å². The highest BCUT2D eigenvalue weighted by atomic mass is 16.2. The molecular formula is C15H17N5O. The van der Waals surface area contributed by atoms with Gasteiger partial charge >= 0.3 is 0 Å². The van der Waals surface area contributed by atoms with Gasteiger partial charge in [0.05, 0.1) is 18.1 Å². The molecule has 2 aromatic heterocycles. The van der Waals surface area contributed by atoms with Crippen molar-refractivity contribution in [2.24, 2.45) is 0 Å². The van der Waals surface area contributed by atoms with Gasteiger partial charge in [0.15, 0.2) is 0 Å². The zero-order chi connectivity index (χ0) is 15.6. The van der Waals surface area contributed by atoms with E-state index < -0.39 is 5.54 Å². The van der Waals surface area contributed by atoms with Crippen LogP contribution in [0.4, 0.5) is 5.69 Å². The molecule has 2 rings (SSSR count). The Morgan fingerprint density at radius 2 is 2.10 bits per heavy atom. The molecule has 6 heteroatoms. The monoisotopic (exact) mass is 283 g/mol. The van der Waals surface area contributed by atoms with Gasteiger partial charge in [-0.2, -0.15) is 10.4 Å². The van der Waals surface area contributed by atoms with E-state index in [1.54, 1.807) is 37.7 Å². The standard InChI is InChI=1S/C15H17N5O/c1-10-7-18-20(9-10)15(3,4)14(21)19-12-5-11(2)13(6-16)17-8-12/h5,7-9H,1-4H3,(H,19,21). The number of nitrogens with one attached hydrogen (secondary N) is 1. The molecule has 0 bridgehead atoms. The molecule has 1 N–H and O–H groups in total. The van der Waals surface area contributed by atoms with Crippen molar-refractivity contribution < 1.29 is 4.79 Å². The Labute approximate surface area is 123 Å². The summed E-state index contributed by atoms with van der Waals surface area (Å²) in [6, 6.07) is 3.73. The van der Waals surface area contributed by atoms with Crippen LogP contribution in [0.5, 0.6) is 0 Å². The minimum absolute atomic E-state index is 0.198. The molecule has 2 heterocycles. The number of pyridine rings is 1. The van der Waals surface area contributed by atoms with Gasteiger partial charge in [-0.15, -0.1) is 0 Å². The van der Waals surface area contributed by atoms with Crippen molar-refractivity contribution in [2.75, 3.05) is 5.32 Å². The van der Waals surface area contributed by atoms with E-state index in [-0.39, 0.29) is 5.91 Å². The van der Waals surface area contributed by atoms with E-state index in [2.05, 4.69) is 15.4 Å². The maximum Gasteiger partial charge on any atom is 0.251 e. The van der Waals surface area contributed by atoms with Crippen LogP contribution in [0.3, 0.4) is 0 Å². The highest BCUT2D eigenvalue weighted by molar-refractivity contribution is 5.96. The van der Waals surface area contributed by atoms with Gasteiger partial charge in [0.2, 0.25) is 0 Å². The largest absolute Gasteiger partial charge is 0.323 e. The molecule has 108 valence electrons. The summed E-state index contributed by atoms with van der Waals surface area (Å²) in [7, 11) is 0. The number of carbonyl (C=O) groups is 1. The number of rotatable bonds is 3. The third kappa shape index (κ3) is 2.92. The van der Waals surface area contributed by atoms with Crippen LogP contribution in [0.1, 0.15) is 30.7 Å². The highest BCUT2D eigenvalue weighted by Gasteiger charge is 2.30. The zero-order valence-corrected chi connectivity index (χ0v) is 12.5. The number of aryl methyl sites for hydroxylation is 2. The Morgan fingerprint density at radius 1 is 1.38 bits per heavy atom. The molecule has 0 aliphatic carbocycles. The van der Waals surface area contributed by atoms with Gasteiger partial charge in [-0.3, -0.25) is 9.48 Å². The number of nitrogens with zero attached hydrogens (tertiary/aromatic N) is 4. The lowest BCUT2D eigenvalue weighted by atomic mass is 10.0. The van der Waals surface area contributed by atoms with Gasteiger partial charge in [-0.25, -0.2) is 4.98 Å². The fourth-order valence-electron chi connectivity index (χ4n) is 1.87. The lowest BCUT2D eigenvalue weighted by Crippen LogP contribution is -2.40. The summed E-state index contributed by atoms with van der Waals surface area (Å²) in [6.45, 7) is 7.28. The third-order valence-corrected chi connectivity index (χ3v) is 3.28. The van der Waals surface area contributed by atoms with Crippen LogP contribution in [0, 0.1) is 25.2 Å². The second-order valence-electron chi connectivity index (χ2n) is 5.48. The van der Waals surface area contributed by atoms with Crippen molar-refractivity contribution in [3.8, 4) is 6.07 Å². The van der Waals surface area contributed by atoms with Crippen molar-refractivity contribution in [1.29, 1.82) is 5.26 Å². The number of hydrogen-bond acceptors (Lipinski definition) is 4. The van der Waals surface area contributed by atoms with Crippen molar-refractivity contribution in [3.63, 3.8) is 0 Å². The number of carbonyl (C=O) groups excluding carboxylic acids is 1. The highest BCUT2D eigenvalue weighted by Crippen LogP contribution is 2.19. The van der Waals surface area contributed by atoms with Gasteiger partial charge in [0.1, 0.15) is 17.3 Å². The molecule has 0 unspecified atom stereocenters. The van der Waals surface area contributed by atoms with E-state index >= 15 is 0 Å². The molecule has 0 saturated heterocycles. The van der Waals surface area contributed by atoms with E-state index in [0.717, 1.165) is 11.1 Å². The van der Waals surface area contributed by atoms with Crippen LogP contribution in [0.2, 0.25) is 0 Å².